The van der Waals surface area contributed by atoms with Crippen LogP contribution in [-0.2, 0) is 11.2 Å². The van der Waals surface area contributed by atoms with E-state index in [4.69, 9.17) is 5.73 Å². The van der Waals surface area contributed by atoms with Gasteiger partial charge >= 0.3 is 0 Å². The van der Waals surface area contributed by atoms with Crippen molar-refractivity contribution in [2.45, 2.75) is 19.3 Å². The maximum Gasteiger partial charge on any atom is 0.227 e. The Bertz CT molecular complexity index is 330. The Morgan fingerprint density at radius 3 is 2.93 bits per heavy atom. The molecule has 15 heavy (non-hydrogen) atoms. The molecule has 1 aliphatic rings. The first-order valence-electron chi connectivity index (χ1n) is 5.28. The van der Waals surface area contributed by atoms with Gasteiger partial charge in [0.2, 0.25) is 5.91 Å². The lowest BCUT2D eigenvalue weighted by Gasteiger charge is -2.12. The Morgan fingerprint density at radius 1 is 1.60 bits per heavy atom. The average molecular weight is 224 g/mol. The highest BCUT2D eigenvalue weighted by Crippen LogP contribution is 2.44. The van der Waals surface area contributed by atoms with E-state index in [9.17, 15) is 4.79 Å². The summed E-state index contributed by atoms with van der Waals surface area (Å²) < 4.78 is 0. The minimum Gasteiger partial charge on any atom is -0.355 e. The van der Waals surface area contributed by atoms with Crippen LogP contribution in [0.25, 0.3) is 0 Å². The molecule has 3 N–H and O–H groups in total. The van der Waals surface area contributed by atoms with Crippen molar-refractivity contribution in [1.29, 1.82) is 0 Å². The number of hydrogen-bond acceptors (Lipinski definition) is 3. The summed E-state index contributed by atoms with van der Waals surface area (Å²) >= 11 is 1.73. The molecule has 0 aromatic carbocycles. The largest absolute Gasteiger partial charge is 0.355 e. The first-order valence-corrected chi connectivity index (χ1v) is 6.15. The topological polar surface area (TPSA) is 55.1 Å². The Labute approximate surface area is 93.7 Å². The van der Waals surface area contributed by atoms with Gasteiger partial charge in [0.05, 0.1) is 5.41 Å². The number of thiophene rings is 1. The summed E-state index contributed by atoms with van der Waals surface area (Å²) in [6.07, 6.45) is 2.83. The van der Waals surface area contributed by atoms with Gasteiger partial charge in [0.15, 0.2) is 0 Å². The van der Waals surface area contributed by atoms with Gasteiger partial charge in [0.1, 0.15) is 0 Å². The number of carbonyl (C=O) groups excluding carboxylic acids is 1. The van der Waals surface area contributed by atoms with E-state index in [0.717, 1.165) is 25.8 Å². The van der Waals surface area contributed by atoms with E-state index in [-0.39, 0.29) is 11.3 Å². The third kappa shape index (κ3) is 2.38. The molecule has 1 saturated carbocycles. The van der Waals surface area contributed by atoms with Crippen LogP contribution in [0.3, 0.4) is 0 Å². The van der Waals surface area contributed by atoms with Crippen LogP contribution in [-0.4, -0.2) is 19.0 Å². The zero-order chi connectivity index (χ0) is 10.7. The molecule has 0 saturated heterocycles. The molecule has 0 atom stereocenters. The molecule has 0 bridgehead atoms. The second-order valence-corrected chi connectivity index (χ2v) is 5.10. The highest BCUT2D eigenvalue weighted by atomic mass is 32.1. The SMILES string of the molecule is NCC1(C(=O)NCCc2cccs2)CC1. The third-order valence-electron chi connectivity index (χ3n) is 2.96. The van der Waals surface area contributed by atoms with E-state index in [0.29, 0.717) is 6.54 Å². The van der Waals surface area contributed by atoms with Crippen molar-refractivity contribution >= 4 is 17.2 Å². The maximum atomic E-state index is 11.7. The number of carbonyl (C=O) groups is 1. The standard InChI is InChI=1S/C11H16N2OS/c12-8-11(4-5-11)10(14)13-6-3-9-2-1-7-15-9/h1-2,7H,3-6,8,12H2,(H,13,14). The molecule has 4 heteroatoms. The quantitative estimate of drug-likeness (QED) is 0.788. The van der Waals surface area contributed by atoms with Crippen LogP contribution in [0.1, 0.15) is 17.7 Å². The second-order valence-electron chi connectivity index (χ2n) is 4.07. The van der Waals surface area contributed by atoms with E-state index < -0.39 is 0 Å². The maximum absolute atomic E-state index is 11.7. The molecule has 1 aromatic heterocycles. The van der Waals surface area contributed by atoms with E-state index in [1.54, 1.807) is 11.3 Å². The van der Waals surface area contributed by atoms with Crippen LogP contribution >= 0.6 is 11.3 Å². The number of nitrogens with one attached hydrogen (secondary N) is 1. The van der Waals surface area contributed by atoms with Crippen molar-refractivity contribution in [1.82, 2.24) is 5.32 Å². The number of rotatable bonds is 5. The van der Waals surface area contributed by atoms with Gasteiger partial charge in [-0.2, -0.15) is 0 Å². The van der Waals surface area contributed by atoms with E-state index in [2.05, 4.69) is 16.8 Å². The molecule has 0 radical (unpaired) electrons. The molecule has 1 aliphatic carbocycles. The summed E-state index contributed by atoms with van der Waals surface area (Å²) in [5.74, 6) is 0.140. The first kappa shape index (κ1) is 10.6. The summed E-state index contributed by atoms with van der Waals surface area (Å²) in [5, 5.41) is 5.02. The zero-order valence-electron chi connectivity index (χ0n) is 8.66. The van der Waals surface area contributed by atoms with Crippen LogP contribution in [0, 0.1) is 5.41 Å². The summed E-state index contributed by atoms with van der Waals surface area (Å²) in [6, 6.07) is 4.12. The van der Waals surface area contributed by atoms with E-state index >= 15 is 0 Å². The van der Waals surface area contributed by atoms with Crippen LogP contribution in [0.15, 0.2) is 17.5 Å². The Balaban J connectivity index is 1.72. The predicted molar refractivity (Wildman–Crippen MR) is 61.8 cm³/mol. The number of amides is 1. The normalized spacial score (nSPS) is 17.4. The molecule has 0 aliphatic heterocycles. The van der Waals surface area contributed by atoms with Crippen LogP contribution in [0.5, 0.6) is 0 Å². The summed E-state index contributed by atoms with van der Waals surface area (Å²) in [6.45, 7) is 1.21. The highest BCUT2D eigenvalue weighted by molar-refractivity contribution is 7.09. The molecule has 1 aromatic rings. The Hall–Kier alpha value is -0.870. The van der Waals surface area contributed by atoms with Crippen LogP contribution in [0.2, 0.25) is 0 Å². The molecule has 1 fully saturated rings. The van der Waals surface area contributed by atoms with Gasteiger partial charge in [-0.15, -0.1) is 11.3 Å². The van der Waals surface area contributed by atoms with Crippen LogP contribution in [0.4, 0.5) is 0 Å². The fourth-order valence-corrected chi connectivity index (χ4v) is 2.33. The summed E-state index contributed by atoms with van der Waals surface area (Å²) in [7, 11) is 0. The van der Waals surface area contributed by atoms with Gasteiger partial charge in [-0.05, 0) is 30.7 Å². The molecule has 1 amide bonds. The molecule has 2 rings (SSSR count). The summed E-state index contributed by atoms with van der Waals surface area (Å²) in [4.78, 5) is 13.0. The van der Waals surface area contributed by atoms with Crippen molar-refractivity contribution in [3.63, 3.8) is 0 Å². The lowest BCUT2D eigenvalue weighted by Crippen LogP contribution is -2.37. The van der Waals surface area contributed by atoms with Gasteiger partial charge in [-0.1, -0.05) is 6.07 Å². The fourth-order valence-electron chi connectivity index (χ4n) is 1.62. The monoisotopic (exact) mass is 224 g/mol. The third-order valence-corrected chi connectivity index (χ3v) is 3.90. The first-order chi connectivity index (χ1) is 7.27. The molecular formula is C11H16N2OS. The fraction of sp³-hybridized carbons (Fsp3) is 0.545. The van der Waals surface area contributed by atoms with Crippen molar-refractivity contribution in [3.8, 4) is 0 Å². The Kier molecular flexibility index (Phi) is 3.07. The van der Waals surface area contributed by atoms with Crippen molar-refractivity contribution < 1.29 is 4.79 Å². The van der Waals surface area contributed by atoms with Gasteiger partial charge in [-0.3, -0.25) is 4.79 Å². The summed E-state index contributed by atoms with van der Waals surface area (Å²) in [5.41, 5.74) is 5.36. The van der Waals surface area contributed by atoms with Gasteiger partial charge in [0, 0.05) is 18.0 Å². The van der Waals surface area contributed by atoms with E-state index in [1.807, 2.05) is 6.07 Å². The second kappa shape index (κ2) is 4.33. The van der Waals surface area contributed by atoms with Crippen molar-refractivity contribution in [2.75, 3.05) is 13.1 Å². The number of nitrogens with two attached hydrogens (primary N) is 1. The molecule has 0 spiro atoms. The Morgan fingerprint density at radius 2 is 2.40 bits per heavy atom. The minimum atomic E-state index is -0.213. The molecule has 1 heterocycles. The lowest BCUT2D eigenvalue weighted by atomic mass is 10.1. The van der Waals surface area contributed by atoms with Crippen molar-refractivity contribution in [3.05, 3.63) is 22.4 Å². The van der Waals surface area contributed by atoms with E-state index in [1.165, 1.54) is 4.88 Å². The zero-order valence-corrected chi connectivity index (χ0v) is 9.48. The average Bonchev–Trinajstić information content (AvgIpc) is 2.90. The smallest absolute Gasteiger partial charge is 0.227 e. The highest BCUT2D eigenvalue weighted by Gasteiger charge is 2.48. The number of hydrogen-bond donors (Lipinski definition) is 2. The van der Waals surface area contributed by atoms with Crippen LogP contribution < -0.4 is 11.1 Å². The van der Waals surface area contributed by atoms with Gasteiger partial charge in [-0.25, -0.2) is 0 Å². The minimum absolute atomic E-state index is 0.140. The van der Waals surface area contributed by atoms with Crippen molar-refractivity contribution in [2.24, 2.45) is 11.1 Å². The molecular weight excluding hydrogens is 208 g/mol. The molecule has 0 unspecified atom stereocenters. The van der Waals surface area contributed by atoms with Gasteiger partial charge in [0.25, 0.3) is 0 Å². The molecule has 82 valence electrons. The molecule has 3 nitrogen and oxygen atoms in total. The predicted octanol–water partition coefficient (Wildman–Crippen LogP) is 1.15. The van der Waals surface area contributed by atoms with Gasteiger partial charge < -0.3 is 11.1 Å². The lowest BCUT2D eigenvalue weighted by molar-refractivity contribution is -0.125.